The highest BCUT2D eigenvalue weighted by molar-refractivity contribution is 7.93. The Morgan fingerprint density at radius 2 is 2.03 bits per heavy atom. The summed E-state index contributed by atoms with van der Waals surface area (Å²) in [5.41, 5.74) is 3.60. The van der Waals surface area contributed by atoms with Gasteiger partial charge in [0.2, 0.25) is 10.0 Å². The van der Waals surface area contributed by atoms with Crippen LogP contribution in [0.2, 0.25) is 5.02 Å². The van der Waals surface area contributed by atoms with Crippen LogP contribution < -0.4 is 9.62 Å². The molecule has 1 unspecified atom stereocenters. The third kappa shape index (κ3) is 4.48. The monoisotopic (exact) mass is 448 g/mol. The number of anilines is 2. The summed E-state index contributed by atoms with van der Waals surface area (Å²) >= 11 is 6.27. The zero-order valence-corrected chi connectivity index (χ0v) is 18.4. The zero-order chi connectivity index (χ0) is 21.3. The van der Waals surface area contributed by atoms with Gasteiger partial charge in [0.1, 0.15) is 0 Å². The van der Waals surface area contributed by atoms with Crippen LogP contribution in [-0.4, -0.2) is 39.8 Å². The van der Waals surface area contributed by atoms with Crippen molar-refractivity contribution < 1.29 is 17.9 Å². The van der Waals surface area contributed by atoms with E-state index in [4.69, 9.17) is 16.3 Å². The molecule has 0 radical (unpaired) electrons. The van der Waals surface area contributed by atoms with Crippen molar-refractivity contribution in [3.8, 4) is 0 Å². The van der Waals surface area contributed by atoms with Gasteiger partial charge >= 0.3 is 0 Å². The zero-order valence-electron chi connectivity index (χ0n) is 16.9. The number of halogens is 1. The van der Waals surface area contributed by atoms with Crippen molar-refractivity contribution in [1.29, 1.82) is 0 Å². The summed E-state index contributed by atoms with van der Waals surface area (Å²) < 4.78 is 31.4. The standard InChI is InChI=1S/C22H25ClN2O4S/c1-15-10-17(16-4-2-8-29-14-16)12-18(11-15)24-22(26)20-13-19(5-6-21(20)23)25-7-3-9-30(25,27)28/h5-6,10-13,16H,2-4,7-9,14H2,1H3,(H,24,26). The van der Waals surface area contributed by atoms with Crippen molar-refractivity contribution in [3.63, 3.8) is 0 Å². The number of sulfonamides is 1. The number of hydrogen-bond donors (Lipinski definition) is 1. The maximum Gasteiger partial charge on any atom is 0.257 e. The van der Waals surface area contributed by atoms with Crippen LogP contribution in [0.15, 0.2) is 36.4 Å². The highest BCUT2D eigenvalue weighted by atomic mass is 35.5. The molecule has 2 aliphatic rings. The Labute approximate surface area is 182 Å². The molecule has 0 saturated carbocycles. The average Bonchev–Trinajstić information content (AvgIpc) is 3.07. The van der Waals surface area contributed by atoms with Gasteiger partial charge in [-0.2, -0.15) is 0 Å². The van der Waals surface area contributed by atoms with E-state index in [9.17, 15) is 13.2 Å². The molecule has 2 heterocycles. The Morgan fingerprint density at radius 1 is 1.20 bits per heavy atom. The Bertz CT molecular complexity index is 1060. The minimum Gasteiger partial charge on any atom is -0.381 e. The van der Waals surface area contributed by atoms with Crippen LogP contribution in [0.3, 0.4) is 0 Å². The number of aryl methyl sites for hydroxylation is 1. The number of ether oxygens (including phenoxy) is 1. The molecule has 2 fully saturated rings. The first-order valence-corrected chi connectivity index (χ1v) is 12.1. The van der Waals surface area contributed by atoms with Crippen molar-refractivity contribution in [2.24, 2.45) is 0 Å². The Kier molecular flexibility index (Phi) is 6.04. The summed E-state index contributed by atoms with van der Waals surface area (Å²) in [7, 11) is -3.33. The van der Waals surface area contributed by atoms with Gasteiger partial charge in [0, 0.05) is 24.8 Å². The predicted octanol–water partition coefficient (Wildman–Crippen LogP) is 4.33. The van der Waals surface area contributed by atoms with Gasteiger partial charge in [-0.05, 0) is 67.6 Å². The van der Waals surface area contributed by atoms with E-state index in [1.54, 1.807) is 18.2 Å². The predicted molar refractivity (Wildman–Crippen MR) is 119 cm³/mol. The molecular weight excluding hydrogens is 424 g/mol. The lowest BCUT2D eigenvalue weighted by atomic mass is 9.92. The molecule has 160 valence electrons. The molecule has 30 heavy (non-hydrogen) atoms. The second kappa shape index (κ2) is 8.57. The Morgan fingerprint density at radius 3 is 2.73 bits per heavy atom. The van der Waals surface area contributed by atoms with Gasteiger partial charge in [-0.1, -0.05) is 17.7 Å². The molecule has 6 nitrogen and oxygen atoms in total. The number of carbonyl (C=O) groups excluding carboxylic acids is 1. The summed E-state index contributed by atoms with van der Waals surface area (Å²) in [5, 5.41) is 3.20. The fraction of sp³-hybridized carbons (Fsp3) is 0.409. The normalized spacial score (nSPS) is 20.9. The van der Waals surface area contributed by atoms with Crippen molar-refractivity contribution in [2.75, 3.05) is 35.1 Å². The summed E-state index contributed by atoms with van der Waals surface area (Å²) in [5.74, 6) is 0.0742. The lowest BCUT2D eigenvalue weighted by molar-refractivity contribution is 0.0804. The maximum absolute atomic E-state index is 13.0. The van der Waals surface area contributed by atoms with E-state index >= 15 is 0 Å². The highest BCUT2D eigenvalue weighted by Crippen LogP contribution is 2.31. The molecule has 1 N–H and O–H groups in total. The number of hydrogen-bond acceptors (Lipinski definition) is 4. The van der Waals surface area contributed by atoms with Crippen LogP contribution in [0.1, 0.15) is 46.7 Å². The van der Waals surface area contributed by atoms with Crippen molar-refractivity contribution in [1.82, 2.24) is 0 Å². The third-order valence-corrected chi connectivity index (χ3v) is 7.77. The second-order valence-electron chi connectivity index (χ2n) is 7.91. The summed E-state index contributed by atoms with van der Waals surface area (Å²) in [6.07, 6.45) is 2.67. The van der Waals surface area contributed by atoms with Gasteiger partial charge in [-0.15, -0.1) is 0 Å². The van der Waals surface area contributed by atoms with E-state index in [0.717, 1.165) is 30.6 Å². The quantitative estimate of drug-likeness (QED) is 0.755. The maximum atomic E-state index is 13.0. The molecule has 4 rings (SSSR count). The SMILES string of the molecule is Cc1cc(NC(=O)c2cc(N3CCCS3(=O)=O)ccc2Cl)cc(C2CCCOC2)c1. The van der Waals surface area contributed by atoms with Crippen molar-refractivity contribution in [3.05, 3.63) is 58.1 Å². The minimum atomic E-state index is -3.33. The van der Waals surface area contributed by atoms with E-state index in [2.05, 4.69) is 11.4 Å². The summed E-state index contributed by atoms with van der Waals surface area (Å²) in [6, 6.07) is 10.8. The number of benzene rings is 2. The topological polar surface area (TPSA) is 75.7 Å². The van der Waals surface area contributed by atoms with E-state index in [1.807, 2.05) is 19.1 Å². The molecule has 0 aromatic heterocycles. The fourth-order valence-corrected chi connectivity index (χ4v) is 5.85. The van der Waals surface area contributed by atoms with Gasteiger partial charge in [0.25, 0.3) is 5.91 Å². The van der Waals surface area contributed by atoms with Crippen LogP contribution in [0.4, 0.5) is 11.4 Å². The summed E-state index contributed by atoms with van der Waals surface area (Å²) in [6.45, 7) is 3.90. The number of rotatable bonds is 4. The first-order chi connectivity index (χ1) is 14.3. The molecule has 2 aromatic carbocycles. The Balaban J connectivity index is 1.58. The molecule has 1 atom stereocenters. The molecule has 8 heteroatoms. The van der Waals surface area contributed by atoms with Gasteiger partial charge in [-0.3, -0.25) is 9.10 Å². The first-order valence-electron chi connectivity index (χ1n) is 10.1. The van der Waals surface area contributed by atoms with Gasteiger partial charge in [0.15, 0.2) is 0 Å². The third-order valence-electron chi connectivity index (χ3n) is 5.57. The van der Waals surface area contributed by atoms with E-state index in [1.165, 1.54) is 4.31 Å². The summed E-state index contributed by atoms with van der Waals surface area (Å²) in [4.78, 5) is 13.0. The fourth-order valence-electron chi connectivity index (χ4n) is 4.09. The van der Waals surface area contributed by atoms with Crippen LogP contribution in [-0.2, 0) is 14.8 Å². The number of nitrogens with zero attached hydrogens (tertiary/aromatic N) is 1. The molecule has 2 saturated heterocycles. The molecule has 0 spiro atoms. The second-order valence-corrected chi connectivity index (χ2v) is 10.3. The average molecular weight is 449 g/mol. The lowest BCUT2D eigenvalue weighted by Gasteiger charge is -2.23. The van der Waals surface area contributed by atoms with Gasteiger partial charge in [0.05, 0.1) is 28.6 Å². The highest BCUT2D eigenvalue weighted by Gasteiger charge is 2.29. The van der Waals surface area contributed by atoms with E-state index < -0.39 is 10.0 Å². The van der Waals surface area contributed by atoms with Crippen LogP contribution in [0, 0.1) is 6.92 Å². The van der Waals surface area contributed by atoms with E-state index in [-0.39, 0.29) is 22.2 Å². The number of amides is 1. The van der Waals surface area contributed by atoms with Crippen LogP contribution in [0.5, 0.6) is 0 Å². The van der Waals surface area contributed by atoms with Crippen LogP contribution >= 0.6 is 11.6 Å². The van der Waals surface area contributed by atoms with Gasteiger partial charge < -0.3 is 10.1 Å². The molecule has 0 bridgehead atoms. The Hall–Kier alpha value is -2.09. The van der Waals surface area contributed by atoms with Crippen molar-refractivity contribution in [2.45, 2.75) is 32.1 Å². The molecular formula is C22H25ClN2O4S. The van der Waals surface area contributed by atoms with Crippen LogP contribution in [0.25, 0.3) is 0 Å². The molecule has 1 amide bonds. The molecule has 2 aromatic rings. The first kappa shape index (κ1) is 21.2. The molecule has 0 aliphatic carbocycles. The van der Waals surface area contributed by atoms with E-state index in [0.29, 0.717) is 36.9 Å². The number of carbonyl (C=O) groups is 1. The molecule has 2 aliphatic heterocycles. The smallest absolute Gasteiger partial charge is 0.257 e. The van der Waals surface area contributed by atoms with Crippen molar-refractivity contribution >= 4 is 38.9 Å². The lowest BCUT2D eigenvalue weighted by Crippen LogP contribution is -2.25. The number of nitrogens with one attached hydrogen (secondary N) is 1. The van der Waals surface area contributed by atoms with Gasteiger partial charge in [-0.25, -0.2) is 8.42 Å². The minimum absolute atomic E-state index is 0.119. The largest absolute Gasteiger partial charge is 0.381 e.